The summed E-state index contributed by atoms with van der Waals surface area (Å²) >= 11 is 0. The van der Waals surface area contributed by atoms with Crippen LogP contribution in [-0.2, 0) is 13.6 Å². The van der Waals surface area contributed by atoms with Crippen molar-refractivity contribution in [3.05, 3.63) is 12.2 Å². The average Bonchev–Trinajstić information content (AvgIpc) is 3.09. The summed E-state index contributed by atoms with van der Waals surface area (Å²) < 4.78 is 1.79. The Morgan fingerprint density at radius 2 is 2.05 bits per heavy atom. The van der Waals surface area contributed by atoms with Crippen LogP contribution in [0, 0.1) is 11.8 Å². The molecule has 0 radical (unpaired) electrons. The molecule has 6 nitrogen and oxygen atoms in total. The highest BCUT2D eigenvalue weighted by molar-refractivity contribution is 5.80. The van der Waals surface area contributed by atoms with Crippen molar-refractivity contribution in [2.24, 2.45) is 23.9 Å². The Hall–Kier alpha value is -1.59. The third kappa shape index (κ3) is 3.19. The summed E-state index contributed by atoms with van der Waals surface area (Å²) in [5.74, 6) is 3.69. The van der Waals surface area contributed by atoms with Gasteiger partial charge in [0.25, 0.3) is 0 Å². The van der Waals surface area contributed by atoms with E-state index in [4.69, 9.17) is 4.99 Å². The molecule has 116 valence electrons. The van der Waals surface area contributed by atoms with Crippen LogP contribution in [0.2, 0.25) is 0 Å². The summed E-state index contributed by atoms with van der Waals surface area (Å²) in [7, 11) is 1.91. The summed E-state index contributed by atoms with van der Waals surface area (Å²) in [5, 5.41) is 7.53. The topological polar surface area (TPSA) is 58.3 Å². The lowest BCUT2D eigenvalue weighted by Gasteiger charge is -2.22. The molecule has 1 aromatic heterocycles. The van der Waals surface area contributed by atoms with Gasteiger partial charge in [-0.15, -0.1) is 0 Å². The normalized spacial score (nSPS) is 26.0. The van der Waals surface area contributed by atoms with Gasteiger partial charge in [-0.05, 0) is 31.6 Å². The molecule has 1 saturated carbocycles. The first-order chi connectivity index (χ1) is 10.3. The first-order valence-corrected chi connectivity index (χ1v) is 8.14. The van der Waals surface area contributed by atoms with Crippen LogP contribution >= 0.6 is 0 Å². The first kappa shape index (κ1) is 14.4. The molecule has 2 heterocycles. The monoisotopic (exact) mass is 290 g/mol. The third-order valence-electron chi connectivity index (χ3n) is 4.79. The second kappa shape index (κ2) is 6.45. The first-order valence-electron chi connectivity index (χ1n) is 8.14. The van der Waals surface area contributed by atoms with Crippen LogP contribution in [0.15, 0.2) is 11.3 Å². The molecule has 6 heteroatoms. The molecule has 21 heavy (non-hydrogen) atoms. The van der Waals surface area contributed by atoms with Crippen LogP contribution in [0.4, 0.5) is 0 Å². The smallest absolute Gasteiger partial charge is 0.194 e. The van der Waals surface area contributed by atoms with Crippen molar-refractivity contribution in [2.45, 2.75) is 39.2 Å². The Morgan fingerprint density at radius 3 is 2.62 bits per heavy atom. The highest BCUT2D eigenvalue weighted by Gasteiger charge is 2.35. The maximum atomic E-state index is 4.76. The molecule has 1 aliphatic heterocycles. The Kier molecular flexibility index (Phi) is 4.41. The second-order valence-corrected chi connectivity index (χ2v) is 6.18. The summed E-state index contributed by atoms with van der Waals surface area (Å²) in [6.07, 6.45) is 7.18. The summed E-state index contributed by atoms with van der Waals surface area (Å²) in [5.41, 5.74) is 0. The predicted octanol–water partition coefficient (Wildman–Crippen LogP) is 1.40. The van der Waals surface area contributed by atoms with Gasteiger partial charge in [0.05, 0.1) is 0 Å². The molecule has 0 aromatic carbocycles. The van der Waals surface area contributed by atoms with Gasteiger partial charge in [-0.25, -0.2) is 9.98 Å². The van der Waals surface area contributed by atoms with Crippen LogP contribution in [0.25, 0.3) is 0 Å². The van der Waals surface area contributed by atoms with Gasteiger partial charge in [0.1, 0.15) is 18.7 Å². The Bertz CT molecular complexity index is 480. The van der Waals surface area contributed by atoms with Gasteiger partial charge in [-0.2, -0.15) is 5.10 Å². The van der Waals surface area contributed by atoms with Gasteiger partial charge in [0.15, 0.2) is 5.96 Å². The molecule has 0 spiro atoms. The molecule has 1 aromatic rings. The molecule has 2 unspecified atom stereocenters. The van der Waals surface area contributed by atoms with E-state index in [1.807, 2.05) is 7.05 Å². The zero-order valence-corrected chi connectivity index (χ0v) is 13.1. The lowest BCUT2D eigenvalue weighted by molar-refractivity contribution is 0.299. The molecule has 3 rings (SSSR count). The standard InChI is InChI=1S/C15H26N6/c1-3-16-15(17-8-14-18-11-19-20(14)2)21-9-12-6-4-5-7-13(12)10-21/h11-13H,3-10H2,1-2H3,(H,16,17). The van der Waals surface area contributed by atoms with E-state index in [0.29, 0.717) is 6.54 Å². The van der Waals surface area contributed by atoms with Crippen molar-refractivity contribution < 1.29 is 0 Å². The highest BCUT2D eigenvalue weighted by Crippen LogP contribution is 2.35. The summed E-state index contributed by atoms with van der Waals surface area (Å²) in [4.78, 5) is 11.5. The van der Waals surface area contributed by atoms with E-state index in [0.717, 1.165) is 43.3 Å². The average molecular weight is 290 g/mol. The molecule has 2 aliphatic rings. The minimum atomic E-state index is 0.588. The molecule has 2 atom stereocenters. The molecule has 1 aliphatic carbocycles. The zero-order chi connectivity index (χ0) is 14.7. The number of aryl methyl sites for hydroxylation is 1. The number of hydrogen-bond donors (Lipinski definition) is 1. The van der Waals surface area contributed by atoms with Crippen LogP contribution in [0.1, 0.15) is 38.4 Å². The number of hydrogen-bond acceptors (Lipinski definition) is 3. The maximum absolute atomic E-state index is 4.76. The van der Waals surface area contributed by atoms with Gasteiger partial charge in [-0.1, -0.05) is 12.8 Å². The molecule has 1 saturated heterocycles. The van der Waals surface area contributed by atoms with Gasteiger partial charge in [0, 0.05) is 26.7 Å². The fourth-order valence-electron chi connectivity index (χ4n) is 3.61. The number of fused-ring (bicyclic) bond motifs is 1. The number of nitrogens with one attached hydrogen (secondary N) is 1. The summed E-state index contributed by atoms with van der Waals surface area (Å²) in [6.45, 7) is 5.94. The Morgan fingerprint density at radius 1 is 1.33 bits per heavy atom. The number of nitrogens with zero attached hydrogens (tertiary/aromatic N) is 5. The number of likely N-dealkylation sites (tertiary alicyclic amines) is 1. The zero-order valence-electron chi connectivity index (χ0n) is 13.1. The lowest BCUT2D eigenvalue weighted by atomic mass is 9.82. The largest absolute Gasteiger partial charge is 0.357 e. The van der Waals surface area contributed by atoms with Gasteiger partial charge in [0.2, 0.25) is 0 Å². The minimum absolute atomic E-state index is 0.588. The van der Waals surface area contributed by atoms with Crippen LogP contribution in [-0.4, -0.2) is 45.3 Å². The van der Waals surface area contributed by atoms with Crippen LogP contribution in [0.5, 0.6) is 0 Å². The fraction of sp³-hybridized carbons (Fsp3) is 0.800. The van der Waals surface area contributed by atoms with E-state index in [2.05, 4.69) is 27.2 Å². The quantitative estimate of drug-likeness (QED) is 0.675. The van der Waals surface area contributed by atoms with Gasteiger partial charge in [-0.3, -0.25) is 4.68 Å². The van der Waals surface area contributed by atoms with E-state index >= 15 is 0 Å². The van der Waals surface area contributed by atoms with Crippen LogP contribution in [0.3, 0.4) is 0 Å². The van der Waals surface area contributed by atoms with E-state index in [-0.39, 0.29) is 0 Å². The van der Waals surface area contributed by atoms with Crippen molar-refractivity contribution in [1.82, 2.24) is 25.0 Å². The number of aliphatic imine (C=N–C) groups is 1. The Balaban J connectivity index is 1.68. The molecule has 0 amide bonds. The van der Waals surface area contributed by atoms with E-state index in [9.17, 15) is 0 Å². The van der Waals surface area contributed by atoms with Crippen molar-refractivity contribution >= 4 is 5.96 Å². The number of aromatic nitrogens is 3. The van der Waals surface area contributed by atoms with E-state index in [1.54, 1.807) is 11.0 Å². The van der Waals surface area contributed by atoms with Gasteiger partial charge >= 0.3 is 0 Å². The second-order valence-electron chi connectivity index (χ2n) is 6.18. The third-order valence-corrected chi connectivity index (χ3v) is 4.79. The van der Waals surface area contributed by atoms with E-state index < -0.39 is 0 Å². The SMILES string of the molecule is CCNC(=NCc1ncnn1C)N1CC2CCCCC2C1. The number of rotatable bonds is 3. The van der Waals surface area contributed by atoms with Gasteiger partial charge < -0.3 is 10.2 Å². The molecule has 0 bridgehead atoms. The fourth-order valence-corrected chi connectivity index (χ4v) is 3.61. The number of guanidine groups is 1. The molecule has 1 N–H and O–H groups in total. The van der Waals surface area contributed by atoms with Crippen molar-refractivity contribution in [3.63, 3.8) is 0 Å². The molecular formula is C15H26N6. The van der Waals surface area contributed by atoms with Crippen LogP contribution < -0.4 is 5.32 Å². The van der Waals surface area contributed by atoms with Crippen molar-refractivity contribution in [2.75, 3.05) is 19.6 Å². The lowest BCUT2D eigenvalue weighted by Crippen LogP contribution is -2.40. The molecular weight excluding hydrogens is 264 g/mol. The van der Waals surface area contributed by atoms with Crippen molar-refractivity contribution in [1.29, 1.82) is 0 Å². The molecule has 2 fully saturated rings. The predicted molar refractivity (Wildman–Crippen MR) is 82.8 cm³/mol. The van der Waals surface area contributed by atoms with Crippen molar-refractivity contribution in [3.8, 4) is 0 Å². The Labute approximate surface area is 126 Å². The maximum Gasteiger partial charge on any atom is 0.194 e. The minimum Gasteiger partial charge on any atom is -0.357 e. The highest BCUT2D eigenvalue weighted by atomic mass is 15.3. The van der Waals surface area contributed by atoms with E-state index in [1.165, 1.54) is 25.7 Å². The summed E-state index contributed by atoms with van der Waals surface area (Å²) in [6, 6.07) is 0.